The van der Waals surface area contributed by atoms with E-state index in [4.69, 9.17) is 0 Å². The molecule has 0 radical (unpaired) electrons. The lowest BCUT2D eigenvalue weighted by molar-refractivity contribution is -0.385. The van der Waals surface area contributed by atoms with Gasteiger partial charge in [0.25, 0.3) is 5.69 Å². The molecule has 0 spiro atoms. The van der Waals surface area contributed by atoms with Gasteiger partial charge in [0.2, 0.25) is 0 Å². The SMILES string of the molecule is Cc1ccc(C(C)NCCCC2CC2)cc1[N+](=O)[O-]. The average Bonchev–Trinajstić information content (AvgIpc) is 3.18. The second-order valence-electron chi connectivity index (χ2n) is 5.56. The lowest BCUT2D eigenvalue weighted by Gasteiger charge is -2.14. The smallest absolute Gasteiger partial charge is 0.272 e. The van der Waals surface area contributed by atoms with E-state index in [0.29, 0.717) is 0 Å². The molecule has 1 saturated carbocycles. The van der Waals surface area contributed by atoms with Crippen LogP contribution in [-0.2, 0) is 0 Å². The molecular weight excluding hydrogens is 240 g/mol. The Morgan fingerprint density at radius 2 is 2.21 bits per heavy atom. The quantitative estimate of drug-likeness (QED) is 0.462. The van der Waals surface area contributed by atoms with Crippen molar-refractivity contribution in [2.75, 3.05) is 6.54 Å². The van der Waals surface area contributed by atoms with Crippen molar-refractivity contribution in [2.24, 2.45) is 5.92 Å². The summed E-state index contributed by atoms with van der Waals surface area (Å²) < 4.78 is 0. The zero-order chi connectivity index (χ0) is 13.8. The van der Waals surface area contributed by atoms with Gasteiger partial charge in [0.15, 0.2) is 0 Å². The fraction of sp³-hybridized carbons (Fsp3) is 0.600. The summed E-state index contributed by atoms with van der Waals surface area (Å²) in [4.78, 5) is 10.6. The number of nitrogens with zero attached hydrogens (tertiary/aromatic N) is 1. The van der Waals surface area contributed by atoms with Crippen LogP contribution < -0.4 is 5.32 Å². The molecule has 0 aromatic heterocycles. The highest BCUT2D eigenvalue weighted by atomic mass is 16.6. The molecule has 0 saturated heterocycles. The first-order valence-corrected chi connectivity index (χ1v) is 7.06. The van der Waals surface area contributed by atoms with Crippen molar-refractivity contribution in [3.05, 3.63) is 39.4 Å². The zero-order valence-electron chi connectivity index (χ0n) is 11.7. The lowest BCUT2D eigenvalue weighted by Crippen LogP contribution is -2.20. The van der Waals surface area contributed by atoms with E-state index in [0.717, 1.165) is 23.6 Å². The molecule has 1 fully saturated rings. The number of hydrogen-bond donors (Lipinski definition) is 1. The van der Waals surface area contributed by atoms with E-state index in [1.54, 1.807) is 13.0 Å². The number of nitrogens with one attached hydrogen (secondary N) is 1. The van der Waals surface area contributed by atoms with Gasteiger partial charge in [-0.1, -0.05) is 25.0 Å². The highest BCUT2D eigenvalue weighted by Gasteiger charge is 2.20. The summed E-state index contributed by atoms with van der Waals surface area (Å²) in [6.07, 6.45) is 5.32. The molecule has 1 N–H and O–H groups in total. The summed E-state index contributed by atoms with van der Waals surface area (Å²) in [6.45, 7) is 4.82. The maximum atomic E-state index is 10.9. The van der Waals surface area contributed by atoms with Gasteiger partial charge < -0.3 is 5.32 Å². The van der Waals surface area contributed by atoms with Crippen LogP contribution in [0.5, 0.6) is 0 Å². The molecule has 2 rings (SSSR count). The summed E-state index contributed by atoms with van der Waals surface area (Å²) in [5.74, 6) is 0.970. The summed E-state index contributed by atoms with van der Waals surface area (Å²) in [5, 5.41) is 14.4. The van der Waals surface area contributed by atoms with E-state index in [2.05, 4.69) is 12.2 Å². The van der Waals surface area contributed by atoms with E-state index in [1.807, 2.05) is 12.1 Å². The summed E-state index contributed by atoms with van der Waals surface area (Å²) in [6, 6.07) is 5.66. The third kappa shape index (κ3) is 4.03. The monoisotopic (exact) mass is 262 g/mol. The van der Waals surface area contributed by atoms with Crippen molar-refractivity contribution in [3.63, 3.8) is 0 Å². The Kier molecular flexibility index (Phi) is 4.53. The minimum Gasteiger partial charge on any atom is -0.310 e. The first-order chi connectivity index (χ1) is 9.08. The topological polar surface area (TPSA) is 55.2 Å². The molecule has 4 heteroatoms. The normalized spacial score (nSPS) is 16.3. The van der Waals surface area contributed by atoms with Crippen LogP contribution in [0.3, 0.4) is 0 Å². The number of hydrogen-bond acceptors (Lipinski definition) is 3. The fourth-order valence-electron chi connectivity index (χ4n) is 2.33. The number of nitro groups is 1. The van der Waals surface area contributed by atoms with E-state index >= 15 is 0 Å². The van der Waals surface area contributed by atoms with Gasteiger partial charge in [-0.2, -0.15) is 0 Å². The predicted octanol–water partition coefficient (Wildman–Crippen LogP) is 3.74. The van der Waals surface area contributed by atoms with Crippen LogP contribution >= 0.6 is 0 Å². The minimum absolute atomic E-state index is 0.165. The molecule has 1 aliphatic carbocycles. The van der Waals surface area contributed by atoms with Crippen molar-refractivity contribution >= 4 is 5.69 Å². The summed E-state index contributed by atoms with van der Waals surface area (Å²) in [7, 11) is 0. The Labute approximate surface area is 114 Å². The second kappa shape index (κ2) is 6.15. The Morgan fingerprint density at radius 1 is 1.47 bits per heavy atom. The van der Waals surface area contributed by atoms with Gasteiger partial charge >= 0.3 is 0 Å². The largest absolute Gasteiger partial charge is 0.310 e. The van der Waals surface area contributed by atoms with Crippen molar-refractivity contribution < 1.29 is 4.92 Å². The number of benzene rings is 1. The maximum Gasteiger partial charge on any atom is 0.272 e. The maximum absolute atomic E-state index is 10.9. The van der Waals surface area contributed by atoms with Gasteiger partial charge in [-0.25, -0.2) is 0 Å². The van der Waals surface area contributed by atoms with Crippen LogP contribution in [-0.4, -0.2) is 11.5 Å². The highest BCUT2D eigenvalue weighted by Crippen LogP contribution is 2.33. The van der Waals surface area contributed by atoms with E-state index in [-0.39, 0.29) is 16.7 Å². The molecule has 1 atom stereocenters. The van der Waals surface area contributed by atoms with Crippen molar-refractivity contribution in [1.82, 2.24) is 5.32 Å². The van der Waals surface area contributed by atoms with Gasteiger partial charge in [0, 0.05) is 17.7 Å². The number of nitro benzene ring substituents is 1. The van der Waals surface area contributed by atoms with Crippen molar-refractivity contribution in [3.8, 4) is 0 Å². The standard InChI is InChI=1S/C15H22N2O2/c1-11-5-8-14(10-15(11)17(18)19)12(2)16-9-3-4-13-6-7-13/h5,8,10,12-13,16H,3-4,6-7,9H2,1-2H3. The van der Waals surface area contributed by atoms with Crippen LogP contribution in [0.2, 0.25) is 0 Å². The molecule has 0 amide bonds. The van der Waals surface area contributed by atoms with Crippen molar-refractivity contribution in [2.45, 2.75) is 45.6 Å². The van der Waals surface area contributed by atoms with Gasteiger partial charge in [-0.15, -0.1) is 0 Å². The van der Waals surface area contributed by atoms with Crippen LogP contribution in [0, 0.1) is 23.0 Å². The first kappa shape index (κ1) is 14.0. The van der Waals surface area contributed by atoms with E-state index in [1.165, 1.54) is 25.7 Å². The van der Waals surface area contributed by atoms with Gasteiger partial charge in [-0.05, 0) is 44.7 Å². The van der Waals surface area contributed by atoms with Crippen LogP contribution in [0.15, 0.2) is 18.2 Å². The second-order valence-corrected chi connectivity index (χ2v) is 5.56. The first-order valence-electron chi connectivity index (χ1n) is 7.06. The molecule has 4 nitrogen and oxygen atoms in total. The van der Waals surface area contributed by atoms with Crippen molar-refractivity contribution in [1.29, 1.82) is 0 Å². The average molecular weight is 262 g/mol. The molecule has 0 heterocycles. The Hall–Kier alpha value is -1.42. The molecule has 1 aliphatic rings. The molecule has 1 unspecified atom stereocenters. The fourth-order valence-corrected chi connectivity index (χ4v) is 2.33. The number of aryl methyl sites for hydroxylation is 1. The third-order valence-corrected chi connectivity index (χ3v) is 3.87. The summed E-state index contributed by atoms with van der Waals surface area (Å²) in [5.41, 5.74) is 1.92. The number of rotatable bonds is 7. The predicted molar refractivity (Wildman–Crippen MR) is 76.2 cm³/mol. The zero-order valence-corrected chi connectivity index (χ0v) is 11.7. The Balaban J connectivity index is 1.88. The molecule has 1 aromatic rings. The van der Waals surface area contributed by atoms with Gasteiger partial charge in [-0.3, -0.25) is 10.1 Å². The molecule has 19 heavy (non-hydrogen) atoms. The van der Waals surface area contributed by atoms with Gasteiger partial charge in [0.1, 0.15) is 0 Å². The molecule has 104 valence electrons. The van der Waals surface area contributed by atoms with Crippen LogP contribution in [0.1, 0.15) is 49.8 Å². The van der Waals surface area contributed by atoms with Crippen LogP contribution in [0.25, 0.3) is 0 Å². The molecule has 0 bridgehead atoms. The van der Waals surface area contributed by atoms with Gasteiger partial charge in [0.05, 0.1) is 4.92 Å². The van der Waals surface area contributed by atoms with E-state index in [9.17, 15) is 10.1 Å². The lowest BCUT2D eigenvalue weighted by atomic mass is 10.0. The summed E-state index contributed by atoms with van der Waals surface area (Å²) >= 11 is 0. The van der Waals surface area contributed by atoms with E-state index < -0.39 is 0 Å². The minimum atomic E-state index is -0.307. The molecule has 1 aromatic carbocycles. The van der Waals surface area contributed by atoms with Crippen LogP contribution in [0.4, 0.5) is 5.69 Å². The Bertz CT molecular complexity index is 455. The molecule has 0 aliphatic heterocycles. The molecular formula is C15H22N2O2. The highest BCUT2D eigenvalue weighted by molar-refractivity contribution is 5.43. The third-order valence-electron chi connectivity index (χ3n) is 3.87. The Morgan fingerprint density at radius 3 is 2.84 bits per heavy atom.